The van der Waals surface area contributed by atoms with Crippen LogP contribution >= 0.6 is 0 Å². The van der Waals surface area contributed by atoms with Gasteiger partial charge in [-0.05, 0) is 82.5 Å². The molecule has 0 aliphatic heterocycles. The highest BCUT2D eigenvalue weighted by Gasteiger charge is 2.56. The third-order valence-electron chi connectivity index (χ3n) is 10.4. The van der Waals surface area contributed by atoms with Gasteiger partial charge >= 0.3 is 11.9 Å². The number of ketones is 1. The summed E-state index contributed by atoms with van der Waals surface area (Å²) in [5.41, 5.74) is -1.02. The lowest BCUT2D eigenvalue weighted by atomic mass is 9.60. The molecule has 0 spiro atoms. The van der Waals surface area contributed by atoms with Crippen LogP contribution in [0.3, 0.4) is 0 Å². The Morgan fingerprint density at radius 2 is 1.57 bits per heavy atom. The third kappa shape index (κ3) is 6.53. The van der Waals surface area contributed by atoms with Gasteiger partial charge in [0.15, 0.2) is 11.9 Å². The van der Waals surface area contributed by atoms with E-state index in [2.05, 4.69) is 19.9 Å². The number of rotatable bonds is 11. The minimum absolute atomic E-state index is 0.0447. The SMILES string of the molecule is COC(=O)C(C)[C@@H]1CC[C@@H](C)[C@@H]2CC[C@@](C)(OOC3(C=O)[C@@H](CCC(C)=O)[C@H](C)CC[C@H]3[C@@H](C)C(=O)OC)C=C12. The molecule has 0 saturated heterocycles. The first-order chi connectivity index (χ1) is 18.8. The maximum absolute atomic E-state index is 13.1. The topological polar surface area (TPSA) is 105 Å². The second-order valence-corrected chi connectivity index (χ2v) is 13.0. The molecule has 0 aromatic rings. The van der Waals surface area contributed by atoms with E-state index in [1.54, 1.807) is 13.8 Å². The first-order valence-corrected chi connectivity index (χ1v) is 15.0. The molecule has 0 radical (unpaired) electrons. The Morgan fingerprint density at radius 3 is 2.17 bits per heavy atom. The second kappa shape index (κ2) is 13.3. The zero-order chi connectivity index (χ0) is 29.8. The van der Waals surface area contributed by atoms with E-state index < -0.39 is 29.0 Å². The van der Waals surface area contributed by atoms with Gasteiger partial charge in [0.05, 0.1) is 26.1 Å². The van der Waals surface area contributed by atoms with E-state index in [-0.39, 0.29) is 35.4 Å². The molecule has 3 aliphatic carbocycles. The molecular weight excluding hydrogens is 512 g/mol. The molecule has 8 nitrogen and oxygen atoms in total. The summed E-state index contributed by atoms with van der Waals surface area (Å²) in [6.45, 7) is 11.5. The van der Waals surface area contributed by atoms with Gasteiger partial charge in [-0.15, -0.1) is 0 Å². The lowest BCUT2D eigenvalue weighted by molar-refractivity contribution is -0.416. The van der Waals surface area contributed by atoms with Crippen LogP contribution in [0.1, 0.15) is 92.9 Å². The van der Waals surface area contributed by atoms with Gasteiger partial charge in [-0.1, -0.05) is 39.3 Å². The number of carbonyl (C=O) groups excluding carboxylic acids is 4. The summed E-state index contributed by atoms with van der Waals surface area (Å²) in [5.74, 6) is -1.17. The Kier molecular flexibility index (Phi) is 10.8. The number of hydrogen-bond acceptors (Lipinski definition) is 8. The summed E-state index contributed by atoms with van der Waals surface area (Å²) in [4.78, 5) is 62.9. The van der Waals surface area contributed by atoms with Crippen LogP contribution in [-0.4, -0.2) is 49.4 Å². The molecule has 2 fully saturated rings. The summed E-state index contributed by atoms with van der Waals surface area (Å²) < 4.78 is 10.1. The van der Waals surface area contributed by atoms with Crippen LogP contribution in [0, 0.1) is 47.3 Å². The standard InChI is InChI=1S/C32H50O8/c1-19-9-12-25(22(4)29(35)37-7)26-17-31(6,16-15-24(19)26)39-40-32(18-33)27(14-11-21(3)34)20(2)10-13-28(32)23(5)30(36)38-8/h17-20,22-25,27-28H,9-16H2,1-8H3/t19-,20-,22?,23-,24+,25+,27+,28+,31-,32?/m1/s1. The average molecular weight is 563 g/mol. The number of methoxy groups -OCH3 is 2. The van der Waals surface area contributed by atoms with Crippen molar-refractivity contribution in [1.82, 2.24) is 0 Å². The van der Waals surface area contributed by atoms with Crippen molar-refractivity contribution < 1.29 is 38.4 Å². The van der Waals surface area contributed by atoms with Gasteiger partial charge in [-0.2, -0.15) is 0 Å². The van der Waals surface area contributed by atoms with Crippen molar-refractivity contribution in [2.24, 2.45) is 47.3 Å². The van der Waals surface area contributed by atoms with Crippen molar-refractivity contribution in [2.45, 2.75) is 104 Å². The predicted molar refractivity (Wildman–Crippen MR) is 150 cm³/mol. The zero-order valence-corrected chi connectivity index (χ0v) is 25.7. The number of fused-ring (bicyclic) bond motifs is 1. The van der Waals surface area contributed by atoms with Crippen molar-refractivity contribution in [2.75, 3.05) is 14.2 Å². The molecule has 3 aliphatic rings. The number of esters is 2. The van der Waals surface area contributed by atoms with Crippen LogP contribution in [0.2, 0.25) is 0 Å². The maximum atomic E-state index is 13.1. The molecule has 2 saturated carbocycles. The number of hydrogen-bond donors (Lipinski definition) is 0. The zero-order valence-electron chi connectivity index (χ0n) is 25.7. The van der Waals surface area contributed by atoms with Crippen LogP contribution in [0.5, 0.6) is 0 Å². The maximum Gasteiger partial charge on any atom is 0.308 e. The van der Waals surface area contributed by atoms with Crippen LogP contribution in [0.25, 0.3) is 0 Å². The summed E-state index contributed by atoms with van der Waals surface area (Å²) in [6.07, 6.45) is 8.67. The lowest BCUT2D eigenvalue weighted by Gasteiger charge is -2.50. The van der Waals surface area contributed by atoms with Crippen LogP contribution < -0.4 is 0 Å². The van der Waals surface area contributed by atoms with Gasteiger partial charge < -0.3 is 14.3 Å². The van der Waals surface area contributed by atoms with Gasteiger partial charge in [-0.25, -0.2) is 9.78 Å². The smallest absolute Gasteiger partial charge is 0.308 e. The van der Waals surface area contributed by atoms with Crippen LogP contribution in [0.4, 0.5) is 0 Å². The van der Waals surface area contributed by atoms with Crippen molar-refractivity contribution in [3.63, 3.8) is 0 Å². The van der Waals surface area contributed by atoms with Gasteiger partial charge in [0.2, 0.25) is 0 Å². The quantitative estimate of drug-likeness (QED) is 0.104. The van der Waals surface area contributed by atoms with E-state index >= 15 is 0 Å². The average Bonchev–Trinajstić information content (AvgIpc) is 2.93. The van der Waals surface area contributed by atoms with Gasteiger partial charge in [-0.3, -0.25) is 14.4 Å². The molecule has 226 valence electrons. The lowest BCUT2D eigenvalue weighted by Crippen LogP contribution is -2.58. The molecular formula is C32H50O8. The molecule has 10 atom stereocenters. The Bertz CT molecular complexity index is 974. The minimum Gasteiger partial charge on any atom is -0.469 e. The van der Waals surface area contributed by atoms with E-state index in [0.717, 1.165) is 32.0 Å². The predicted octanol–water partition coefficient (Wildman–Crippen LogP) is 5.66. The third-order valence-corrected chi connectivity index (χ3v) is 10.4. The molecule has 0 bridgehead atoms. The Labute approximate surface area is 239 Å². The van der Waals surface area contributed by atoms with E-state index in [4.69, 9.17) is 19.2 Å². The molecule has 40 heavy (non-hydrogen) atoms. The van der Waals surface area contributed by atoms with Crippen molar-refractivity contribution in [1.29, 1.82) is 0 Å². The summed E-state index contributed by atoms with van der Waals surface area (Å²) in [5, 5.41) is 0. The van der Waals surface area contributed by atoms with Crippen molar-refractivity contribution in [3.05, 3.63) is 11.6 Å². The molecule has 8 heteroatoms. The Morgan fingerprint density at radius 1 is 0.950 bits per heavy atom. The fraction of sp³-hybridized carbons (Fsp3) is 0.812. The number of allylic oxidation sites excluding steroid dienone is 1. The van der Waals surface area contributed by atoms with E-state index in [1.807, 2.05) is 13.8 Å². The highest BCUT2D eigenvalue weighted by molar-refractivity contribution is 5.76. The number of carbonyl (C=O) groups is 4. The number of aldehydes is 1. The fourth-order valence-corrected chi connectivity index (χ4v) is 7.83. The summed E-state index contributed by atoms with van der Waals surface area (Å²) in [7, 11) is 2.77. The Hall–Kier alpha value is -2.06. The van der Waals surface area contributed by atoms with Crippen LogP contribution in [-0.2, 0) is 38.4 Å². The number of Topliss-reactive ketones (excluding diaryl/α,β-unsaturated/α-hetero) is 1. The Balaban J connectivity index is 1.98. The first kappa shape index (κ1) is 32.5. The van der Waals surface area contributed by atoms with Crippen molar-refractivity contribution >= 4 is 24.0 Å². The summed E-state index contributed by atoms with van der Waals surface area (Å²) in [6, 6.07) is 0. The van der Waals surface area contributed by atoms with Gasteiger partial charge in [0, 0.05) is 18.3 Å². The van der Waals surface area contributed by atoms with Gasteiger partial charge in [0.25, 0.3) is 0 Å². The van der Waals surface area contributed by atoms with E-state index in [1.165, 1.54) is 19.8 Å². The minimum atomic E-state index is -1.41. The van der Waals surface area contributed by atoms with E-state index in [0.29, 0.717) is 37.5 Å². The molecule has 0 aromatic heterocycles. The highest BCUT2D eigenvalue weighted by Crippen LogP contribution is 2.52. The van der Waals surface area contributed by atoms with Crippen molar-refractivity contribution in [3.8, 4) is 0 Å². The van der Waals surface area contributed by atoms with E-state index in [9.17, 15) is 19.2 Å². The normalized spacial score (nSPS) is 37.4. The second-order valence-electron chi connectivity index (χ2n) is 13.0. The molecule has 2 unspecified atom stereocenters. The van der Waals surface area contributed by atoms with Gasteiger partial charge in [0.1, 0.15) is 11.4 Å². The molecule has 0 aromatic carbocycles. The molecule has 0 amide bonds. The molecule has 0 N–H and O–H groups in total. The highest BCUT2D eigenvalue weighted by atomic mass is 17.2. The summed E-state index contributed by atoms with van der Waals surface area (Å²) >= 11 is 0. The largest absolute Gasteiger partial charge is 0.469 e. The monoisotopic (exact) mass is 562 g/mol. The first-order valence-electron chi connectivity index (χ1n) is 15.0. The molecule has 0 heterocycles. The molecule has 3 rings (SSSR count). The fourth-order valence-electron chi connectivity index (χ4n) is 7.83. The number of ether oxygens (including phenoxy) is 2. The van der Waals surface area contributed by atoms with Crippen LogP contribution in [0.15, 0.2) is 11.6 Å².